The third-order valence-electron chi connectivity index (χ3n) is 4.95. The van der Waals surface area contributed by atoms with E-state index >= 15 is 0 Å². The van der Waals surface area contributed by atoms with Crippen LogP contribution < -0.4 is 0 Å². The standard InChI is InChI=1S/2C9H17NO2.C8H14O2/c2*1-6(2)8(11)9(12)10(5)7(3)4;1-5(2)7(9)8(10)6(3)4/h2*6-7H,1-5H3;5-6H,1-4H3. The second kappa shape index (κ2) is 17.1. The van der Waals surface area contributed by atoms with E-state index in [0.29, 0.717) is 0 Å². The van der Waals surface area contributed by atoms with Crippen LogP contribution in [0.4, 0.5) is 0 Å². The molecule has 0 aromatic carbocycles. The number of carbonyl (C=O) groups is 6. The number of hydrogen-bond donors (Lipinski definition) is 0. The summed E-state index contributed by atoms with van der Waals surface area (Å²) in [6.07, 6.45) is 0. The second-order valence-electron chi connectivity index (χ2n) is 10.1. The highest BCUT2D eigenvalue weighted by Crippen LogP contribution is 2.03. The van der Waals surface area contributed by atoms with Crippen molar-refractivity contribution < 1.29 is 28.8 Å². The quantitative estimate of drug-likeness (QED) is 0.463. The summed E-state index contributed by atoms with van der Waals surface area (Å²) in [5, 5.41) is 0. The average molecular weight is 485 g/mol. The molecule has 0 heterocycles. The number of carbonyl (C=O) groups excluding carboxylic acids is 6. The number of amides is 2. The molecule has 0 bridgehead atoms. The lowest BCUT2D eigenvalue weighted by Gasteiger charge is -2.21. The van der Waals surface area contributed by atoms with Gasteiger partial charge in [0.15, 0.2) is 0 Å². The summed E-state index contributed by atoms with van der Waals surface area (Å²) >= 11 is 0. The van der Waals surface area contributed by atoms with Crippen LogP contribution in [0.25, 0.3) is 0 Å². The van der Waals surface area contributed by atoms with Crippen LogP contribution >= 0.6 is 0 Å². The molecule has 8 heteroatoms. The highest BCUT2D eigenvalue weighted by atomic mass is 16.2. The fourth-order valence-corrected chi connectivity index (χ4v) is 1.88. The molecule has 2 amide bonds. The topological polar surface area (TPSA) is 109 Å². The van der Waals surface area contributed by atoms with Gasteiger partial charge in [0, 0.05) is 49.9 Å². The van der Waals surface area contributed by atoms with E-state index in [9.17, 15) is 28.8 Å². The van der Waals surface area contributed by atoms with Gasteiger partial charge in [0.2, 0.25) is 23.1 Å². The zero-order chi connectivity index (χ0) is 28.1. The van der Waals surface area contributed by atoms with E-state index in [1.54, 1.807) is 69.5 Å². The van der Waals surface area contributed by atoms with Gasteiger partial charge in [-0.25, -0.2) is 0 Å². The number of Topliss-reactive ketones (excluding diaryl/α,β-unsaturated/α-hetero) is 4. The molecule has 0 atom stereocenters. The molecule has 0 aliphatic rings. The predicted molar refractivity (Wildman–Crippen MR) is 135 cm³/mol. The molecule has 8 nitrogen and oxygen atoms in total. The van der Waals surface area contributed by atoms with Crippen LogP contribution in [-0.4, -0.2) is 70.9 Å². The van der Waals surface area contributed by atoms with Gasteiger partial charge in [-0.1, -0.05) is 55.4 Å². The molecule has 0 aromatic heterocycles. The first kappa shape index (κ1) is 36.2. The van der Waals surface area contributed by atoms with Gasteiger partial charge < -0.3 is 9.80 Å². The first-order valence-corrected chi connectivity index (χ1v) is 11.9. The van der Waals surface area contributed by atoms with E-state index in [2.05, 4.69) is 0 Å². The van der Waals surface area contributed by atoms with Crippen molar-refractivity contribution in [2.75, 3.05) is 14.1 Å². The van der Waals surface area contributed by atoms with Gasteiger partial charge in [0.1, 0.15) is 0 Å². The number of nitrogens with zero attached hydrogens (tertiary/aromatic N) is 2. The van der Waals surface area contributed by atoms with Crippen molar-refractivity contribution in [3.63, 3.8) is 0 Å². The molecule has 198 valence electrons. The first-order chi connectivity index (χ1) is 15.2. The van der Waals surface area contributed by atoms with E-state index in [-0.39, 0.29) is 70.7 Å². The van der Waals surface area contributed by atoms with Crippen molar-refractivity contribution >= 4 is 34.9 Å². The van der Waals surface area contributed by atoms with Gasteiger partial charge in [-0.15, -0.1) is 0 Å². The minimum Gasteiger partial charge on any atom is -0.337 e. The highest BCUT2D eigenvalue weighted by molar-refractivity contribution is 6.38. The second-order valence-corrected chi connectivity index (χ2v) is 10.1. The third-order valence-corrected chi connectivity index (χ3v) is 4.95. The van der Waals surface area contributed by atoms with Crippen molar-refractivity contribution in [3.8, 4) is 0 Å². The Morgan fingerprint density at radius 2 is 0.559 bits per heavy atom. The molecule has 34 heavy (non-hydrogen) atoms. The smallest absolute Gasteiger partial charge is 0.290 e. The predicted octanol–water partition coefficient (Wildman–Crippen LogP) is 3.59. The molecule has 0 unspecified atom stereocenters. The fourth-order valence-electron chi connectivity index (χ4n) is 1.88. The molecule has 0 fully saturated rings. The van der Waals surface area contributed by atoms with Crippen LogP contribution in [0, 0.1) is 23.7 Å². The fraction of sp³-hybridized carbons (Fsp3) is 0.769. The van der Waals surface area contributed by atoms with E-state index in [1.165, 1.54) is 9.80 Å². The van der Waals surface area contributed by atoms with Crippen LogP contribution in [0.2, 0.25) is 0 Å². The van der Waals surface area contributed by atoms with E-state index in [0.717, 1.165) is 0 Å². The van der Waals surface area contributed by atoms with Crippen LogP contribution in [0.15, 0.2) is 0 Å². The number of ketones is 4. The lowest BCUT2D eigenvalue weighted by molar-refractivity contribution is -0.146. The summed E-state index contributed by atoms with van der Waals surface area (Å²) in [6, 6.07) is 0.167. The normalized spacial score (nSPS) is 10.6. The minimum atomic E-state index is -0.389. The molecule has 0 rings (SSSR count). The number of likely N-dealkylation sites (N-methyl/N-ethyl adjacent to an activating group) is 2. The van der Waals surface area contributed by atoms with Crippen molar-refractivity contribution in [3.05, 3.63) is 0 Å². The Hall–Kier alpha value is -2.38. The third kappa shape index (κ3) is 14.0. The van der Waals surface area contributed by atoms with Gasteiger partial charge in [0.25, 0.3) is 11.8 Å². The summed E-state index contributed by atoms with van der Waals surface area (Å²) < 4.78 is 0. The van der Waals surface area contributed by atoms with E-state index in [4.69, 9.17) is 0 Å². The Balaban J connectivity index is -0.000000426. The Bertz CT molecular complexity index is 646. The molecular weight excluding hydrogens is 436 g/mol. The SMILES string of the molecule is CC(C)C(=O)C(=O)C(C)C.CC(C)C(=O)C(=O)N(C)C(C)C.CC(C)C(=O)C(=O)N(C)C(C)C. The Labute approximate surface area is 206 Å². The zero-order valence-corrected chi connectivity index (χ0v) is 23.8. The molecule has 0 saturated carbocycles. The Morgan fingerprint density at radius 3 is 0.676 bits per heavy atom. The molecule has 0 radical (unpaired) electrons. The lowest BCUT2D eigenvalue weighted by atomic mass is 9.98. The summed E-state index contributed by atoms with van der Waals surface area (Å²) in [4.78, 5) is 69.8. The van der Waals surface area contributed by atoms with Gasteiger partial charge in [0.05, 0.1) is 0 Å². The highest BCUT2D eigenvalue weighted by Gasteiger charge is 2.23. The van der Waals surface area contributed by atoms with Crippen LogP contribution in [-0.2, 0) is 28.8 Å². The molecule has 0 aromatic rings. The minimum absolute atomic E-state index is 0.0835. The Morgan fingerprint density at radius 1 is 0.382 bits per heavy atom. The molecule has 0 spiro atoms. The van der Waals surface area contributed by atoms with Crippen LogP contribution in [0.5, 0.6) is 0 Å². The lowest BCUT2D eigenvalue weighted by Crippen LogP contribution is -2.39. The van der Waals surface area contributed by atoms with Crippen molar-refractivity contribution in [2.45, 2.75) is 95.2 Å². The van der Waals surface area contributed by atoms with Crippen LogP contribution in [0.1, 0.15) is 83.1 Å². The van der Waals surface area contributed by atoms with E-state index < -0.39 is 0 Å². The summed E-state index contributed by atoms with van der Waals surface area (Å²) in [7, 11) is 3.29. The Kier molecular flexibility index (Phi) is 18.2. The largest absolute Gasteiger partial charge is 0.337 e. The maximum atomic E-state index is 11.3. The molecule has 0 aliphatic heterocycles. The summed E-state index contributed by atoms with van der Waals surface area (Å²) in [6.45, 7) is 21.4. The molecule has 0 saturated heterocycles. The number of rotatable bonds is 9. The molecular formula is C26H48N2O6. The maximum absolute atomic E-state index is 11.3. The van der Waals surface area contributed by atoms with Gasteiger partial charge in [-0.2, -0.15) is 0 Å². The average Bonchev–Trinajstić information content (AvgIpc) is 2.74. The monoisotopic (exact) mass is 484 g/mol. The van der Waals surface area contributed by atoms with Crippen LogP contribution in [0.3, 0.4) is 0 Å². The van der Waals surface area contributed by atoms with Crippen molar-refractivity contribution in [1.29, 1.82) is 0 Å². The van der Waals surface area contributed by atoms with E-state index in [1.807, 2.05) is 27.7 Å². The van der Waals surface area contributed by atoms with Gasteiger partial charge in [-0.05, 0) is 27.7 Å². The van der Waals surface area contributed by atoms with Crippen molar-refractivity contribution in [2.24, 2.45) is 23.7 Å². The van der Waals surface area contributed by atoms with Gasteiger partial charge >= 0.3 is 0 Å². The molecule has 0 aliphatic carbocycles. The van der Waals surface area contributed by atoms with Crippen molar-refractivity contribution in [1.82, 2.24) is 9.80 Å². The molecule has 0 N–H and O–H groups in total. The van der Waals surface area contributed by atoms with Gasteiger partial charge in [-0.3, -0.25) is 28.8 Å². The number of hydrogen-bond acceptors (Lipinski definition) is 6. The summed E-state index contributed by atoms with van der Waals surface area (Å²) in [5.74, 6) is -2.65. The maximum Gasteiger partial charge on any atom is 0.290 e. The zero-order valence-electron chi connectivity index (χ0n) is 23.8. The first-order valence-electron chi connectivity index (χ1n) is 11.9. The summed E-state index contributed by atoms with van der Waals surface area (Å²) in [5.41, 5.74) is 0.